The maximum atomic E-state index is 14.3. The van der Waals surface area contributed by atoms with Gasteiger partial charge < -0.3 is 25.4 Å². The summed E-state index contributed by atoms with van der Waals surface area (Å²) in [7, 11) is 1.17. The van der Waals surface area contributed by atoms with Gasteiger partial charge in [0.2, 0.25) is 11.8 Å². The predicted octanol–water partition coefficient (Wildman–Crippen LogP) is 1.59. The zero-order valence-electron chi connectivity index (χ0n) is 18.6. The first-order chi connectivity index (χ1) is 13.7. The quantitative estimate of drug-likeness (QED) is 0.502. The SMILES string of the molecule is COC(=O)C(C[C@@H]1CCCNC1=O)NC(=O)C(CC(C)(C)F)NC(=O)OC(C)(C)C. The molecule has 0 saturated carbocycles. The summed E-state index contributed by atoms with van der Waals surface area (Å²) in [4.78, 5) is 49.2. The number of esters is 1. The Hall–Kier alpha value is -2.39. The number of nitrogens with one attached hydrogen (secondary N) is 3. The summed E-state index contributed by atoms with van der Waals surface area (Å²) < 4.78 is 24.1. The van der Waals surface area contributed by atoms with Gasteiger partial charge in [0.05, 0.1) is 7.11 Å². The molecule has 0 aromatic rings. The summed E-state index contributed by atoms with van der Waals surface area (Å²) in [5.41, 5.74) is -2.58. The van der Waals surface area contributed by atoms with Crippen LogP contribution in [0.25, 0.3) is 0 Å². The van der Waals surface area contributed by atoms with Crippen molar-refractivity contribution in [1.29, 1.82) is 0 Å². The van der Waals surface area contributed by atoms with Gasteiger partial charge in [-0.1, -0.05) is 0 Å². The number of alkyl carbamates (subject to hydrolysis) is 1. The van der Waals surface area contributed by atoms with Crippen molar-refractivity contribution in [3.8, 4) is 0 Å². The molecule has 0 aliphatic carbocycles. The summed E-state index contributed by atoms with van der Waals surface area (Å²) >= 11 is 0. The van der Waals surface area contributed by atoms with E-state index in [0.29, 0.717) is 13.0 Å². The van der Waals surface area contributed by atoms with Crippen molar-refractivity contribution in [2.45, 2.75) is 83.7 Å². The Balaban J connectivity index is 2.93. The average Bonchev–Trinajstić information content (AvgIpc) is 2.58. The Bertz CT molecular complexity index is 641. The maximum absolute atomic E-state index is 14.3. The Labute approximate surface area is 176 Å². The molecule has 30 heavy (non-hydrogen) atoms. The molecule has 0 spiro atoms. The molecule has 3 atom stereocenters. The normalized spacial score (nSPS) is 19.2. The monoisotopic (exact) mass is 431 g/mol. The van der Waals surface area contributed by atoms with Crippen molar-refractivity contribution in [3.05, 3.63) is 0 Å². The first-order valence-corrected chi connectivity index (χ1v) is 10.1. The second-order valence-corrected chi connectivity index (χ2v) is 9.07. The molecule has 10 heteroatoms. The Morgan fingerprint density at radius 3 is 2.30 bits per heavy atom. The van der Waals surface area contributed by atoms with Gasteiger partial charge in [-0.15, -0.1) is 0 Å². The van der Waals surface area contributed by atoms with Gasteiger partial charge in [0.1, 0.15) is 23.4 Å². The number of amides is 3. The fourth-order valence-corrected chi connectivity index (χ4v) is 3.12. The van der Waals surface area contributed by atoms with Gasteiger partial charge in [0.25, 0.3) is 0 Å². The van der Waals surface area contributed by atoms with Crippen molar-refractivity contribution in [1.82, 2.24) is 16.0 Å². The molecule has 1 rings (SSSR count). The van der Waals surface area contributed by atoms with E-state index in [1.807, 2.05) is 0 Å². The highest BCUT2D eigenvalue weighted by molar-refractivity contribution is 5.90. The third-order valence-corrected chi connectivity index (χ3v) is 4.42. The number of halogens is 1. The summed E-state index contributed by atoms with van der Waals surface area (Å²) in [5.74, 6) is -2.15. The highest BCUT2D eigenvalue weighted by Crippen LogP contribution is 2.20. The predicted molar refractivity (Wildman–Crippen MR) is 107 cm³/mol. The van der Waals surface area contributed by atoms with Crippen LogP contribution in [0.3, 0.4) is 0 Å². The van der Waals surface area contributed by atoms with Crippen LogP contribution in [0.4, 0.5) is 9.18 Å². The molecular weight excluding hydrogens is 397 g/mol. The highest BCUT2D eigenvalue weighted by Gasteiger charge is 2.35. The largest absolute Gasteiger partial charge is 0.467 e. The van der Waals surface area contributed by atoms with Crippen molar-refractivity contribution >= 4 is 23.9 Å². The number of hydrogen-bond acceptors (Lipinski definition) is 6. The van der Waals surface area contributed by atoms with Crippen LogP contribution in [0.15, 0.2) is 0 Å². The minimum atomic E-state index is -1.78. The van der Waals surface area contributed by atoms with Crippen LogP contribution in [-0.4, -0.2) is 60.9 Å². The van der Waals surface area contributed by atoms with Crippen LogP contribution in [0.1, 0.15) is 60.3 Å². The molecule has 0 bridgehead atoms. The smallest absolute Gasteiger partial charge is 0.408 e. The second kappa shape index (κ2) is 10.6. The van der Waals surface area contributed by atoms with Gasteiger partial charge in [-0.05, 0) is 53.9 Å². The molecule has 1 aliphatic rings. The molecule has 1 aliphatic heterocycles. The fraction of sp³-hybridized carbons (Fsp3) is 0.800. The summed E-state index contributed by atoms with van der Waals surface area (Å²) in [5, 5.41) is 7.58. The Kier molecular flexibility index (Phi) is 9.05. The number of rotatable bonds is 8. The minimum Gasteiger partial charge on any atom is -0.467 e. The van der Waals surface area contributed by atoms with Crippen LogP contribution in [0, 0.1) is 5.92 Å². The van der Waals surface area contributed by atoms with E-state index in [1.54, 1.807) is 20.8 Å². The summed E-state index contributed by atoms with van der Waals surface area (Å²) in [6.45, 7) is 8.08. The fourth-order valence-electron chi connectivity index (χ4n) is 3.12. The molecule has 1 fully saturated rings. The number of carbonyl (C=O) groups excluding carboxylic acids is 4. The topological polar surface area (TPSA) is 123 Å². The third-order valence-electron chi connectivity index (χ3n) is 4.42. The third kappa shape index (κ3) is 9.41. The van der Waals surface area contributed by atoms with Crippen molar-refractivity contribution < 1.29 is 33.0 Å². The van der Waals surface area contributed by atoms with Gasteiger partial charge >= 0.3 is 12.1 Å². The second-order valence-electron chi connectivity index (χ2n) is 9.07. The maximum Gasteiger partial charge on any atom is 0.408 e. The van der Waals surface area contributed by atoms with Gasteiger partial charge in [-0.3, -0.25) is 9.59 Å². The molecule has 0 aromatic carbocycles. The van der Waals surface area contributed by atoms with E-state index < -0.39 is 47.2 Å². The first-order valence-electron chi connectivity index (χ1n) is 10.1. The van der Waals surface area contributed by atoms with Gasteiger partial charge in [-0.2, -0.15) is 0 Å². The number of alkyl halides is 1. The molecule has 9 nitrogen and oxygen atoms in total. The van der Waals surface area contributed by atoms with Gasteiger partial charge in [0, 0.05) is 18.9 Å². The highest BCUT2D eigenvalue weighted by atomic mass is 19.1. The molecule has 3 N–H and O–H groups in total. The van der Waals surface area contributed by atoms with Crippen LogP contribution < -0.4 is 16.0 Å². The molecule has 2 unspecified atom stereocenters. The Morgan fingerprint density at radius 1 is 1.17 bits per heavy atom. The molecule has 172 valence electrons. The molecule has 1 saturated heterocycles. The lowest BCUT2D eigenvalue weighted by Crippen LogP contribution is -2.55. The molecule has 0 radical (unpaired) electrons. The zero-order chi connectivity index (χ0) is 23.1. The number of methoxy groups -OCH3 is 1. The first kappa shape index (κ1) is 25.6. The van der Waals surface area contributed by atoms with E-state index in [4.69, 9.17) is 9.47 Å². The van der Waals surface area contributed by atoms with E-state index in [-0.39, 0.29) is 18.7 Å². The number of ether oxygens (including phenoxy) is 2. The lowest BCUT2D eigenvalue weighted by atomic mass is 9.91. The Morgan fingerprint density at radius 2 is 1.80 bits per heavy atom. The van der Waals surface area contributed by atoms with Crippen LogP contribution in [-0.2, 0) is 23.9 Å². The lowest BCUT2D eigenvalue weighted by molar-refractivity contribution is -0.146. The number of carbonyl (C=O) groups is 4. The van der Waals surface area contributed by atoms with Crippen molar-refractivity contribution in [2.24, 2.45) is 5.92 Å². The zero-order valence-corrected chi connectivity index (χ0v) is 18.6. The van der Waals surface area contributed by atoms with Crippen LogP contribution >= 0.6 is 0 Å². The molecule has 1 heterocycles. The molecular formula is C20H34FN3O6. The van der Waals surface area contributed by atoms with Gasteiger partial charge in [0.15, 0.2) is 0 Å². The number of piperidine rings is 1. The minimum absolute atomic E-state index is 0.0441. The van der Waals surface area contributed by atoms with Crippen molar-refractivity contribution in [3.63, 3.8) is 0 Å². The van der Waals surface area contributed by atoms with Crippen LogP contribution in [0.5, 0.6) is 0 Å². The van der Waals surface area contributed by atoms with Gasteiger partial charge in [-0.25, -0.2) is 14.0 Å². The average molecular weight is 432 g/mol. The van der Waals surface area contributed by atoms with E-state index >= 15 is 0 Å². The molecule has 0 aromatic heterocycles. The molecule has 3 amide bonds. The van der Waals surface area contributed by atoms with E-state index in [2.05, 4.69) is 16.0 Å². The standard InChI is InChI=1S/C20H34FN3O6/c1-19(2,3)30-18(28)24-14(11-20(4,5)21)16(26)23-13(17(27)29-6)10-12-8-7-9-22-15(12)25/h12-14H,7-11H2,1-6H3,(H,22,25)(H,23,26)(H,24,28)/t12-,13?,14?/m0/s1. The lowest BCUT2D eigenvalue weighted by Gasteiger charge is -2.29. The van der Waals surface area contributed by atoms with E-state index in [1.165, 1.54) is 21.0 Å². The van der Waals surface area contributed by atoms with E-state index in [0.717, 1.165) is 6.42 Å². The van der Waals surface area contributed by atoms with E-state index in [9.17, 15) is 23.6 Å². The van der Waals surface area contributed by atoms with Crippen molar-refractivity contribution in [2.75, 3.05) is 13.7 Å². The summed E-state index contributed by atoms with van der Waals surface area (Å²) in [6.07, 6.45) is 0.162. The van der Waals surface area contributed by atoms with Crippen LogP contribution in [0.2, 0.25) is 0 Å². The summed E-state index contributed by atoms with van der Waals surface area (Å²) in [6, 6.07) is -2.39. The number of hydrogen-bond donors (Lipinski definition) is 3.